The van der Waals surface area contributed by atoms with Gasteiger partial charge in [0.2, 0.25) is 0 Å². The molecule has 0 bridgehead atoms. The van der Waals surface area contributed by atoms with Crippen LogP contribution in [0.3, 0.4) is 0 Å². The van der Waals surface area contributed by atoms with E-state index < -0.39 is 0 Å². The fourth-order valence-corrected chi connectivity index (χ4v) is 4.67. The molecule has 1 aromatic heterocycles. The minimum absolute atomic E-state index is 0.451. The van der Waals surface area contributed by atoms with E-state index in [9.17, 15) is 0 Å². The molecule has 1 aromatic rings. The molecule has 0 amide bonds. The van der Waals surface area contributed by atoms with Gasteiger partial charge in [0.05, 0.1) is 6.61 Å². The highest BCUT2D eigenvalue weighted by Gasteiger charge is 2.45. The van der Waals surface area contributed by atoms with E-state index in [-0.39, 0.29) is 0 Å². The van der Waals surface area contributed by atoms with Crippen LogP contribution in [0.1, 0.15) is 38.2 Å². The molecule has 2 aliphatic heterocycles. The Balaban J connectivity index is 1.52. The second kappa shape index (κ2) is 6.78. The molecule has 4 heteroatoms. The Labute approximate surface area is 132 Å². The van der Waals surface area contributed by atoms with Gasteiger partial charge in [-0.05, 0) is 62.0 Å². The number of nitrogens with zero attached hydrogens (tertiary/aromatic N) is 2. The van der Waals surface area contributed by atoms with Crippen LogP contribution in [0, 0.1) is 0 Å². The zero-order valence-corrected chi connectivity index (χ0v) is 14.2. The summed E-state index contributed by atoms with van der Waals surface area (Å²) in [6.45, 7) is 7.45. The molecule has 0 radical (unpaired) electrons. The van der Waals surface area contributed by atoms with E-state index >= 15 is 0 Å². The molecule has 0 N–H and O–H groups in total. The summed E-state index contributed by atoms with van der Waals surface area (Å²) in [6.07, 6.45) is 5.29. The summed E-state index contributed by atoms with van der Waals surface area (Å²) in [5.41, 5.74) is 1.93. The van der Waals surface area contributed by atoms with Gasteiger partial charge in [-0.25, -0.2) is 0 Å². The summed E-state index contributed by atoms with van der Waals surface area (Å²) < 4.78 is 5.66. The summed E-state index contributed by atoms with van der Waals surface area (Å²) in [5.74, 6) is 0. The maximum Gasteiger partial charge on any atom is 0.0621 e. The third-order valence-corrected chi connectivity index (χ3v) is 6.26. The second-order valence-electron chi connectivity index (χ2n) is 6.59. The Hall–Kier alpha value is -0.420. The molecule has 3 rings (SSSR count). The number of hydrogen-bond donors (Lipinski definition) is 0. The third kappa shape index (κ3) is 3.34. The Kier molecular flexibility index (Phi) is 4.99. The van der Waals surface area contributed by atoms with Gasteiger partial charge in [-0.15, -0.1) is 0 Å². The van der Waals surface area contributed by atoms with Gasteiger partial charge in [-0.3, -0.25) is 9.80 Å². The van der Waals surface area contributed by atoms with Gasteiger partial charge < -0.3 is 4.74 Å². The van der Waals surface area contributed by atoms with Gasteiger partial charge in [-0.1, -0.05) is 0 Å². The third-order valence-electron chi connectivity index (χ3n) is 5.53. The summed E-state index contributed by atoms with van der Waals surface area (Å²) >= 11 is 1.81. The number of hydrogen-bond acceptors (Lipinski definition) is 4. The maximum atomic E-state index is 5.66. The van der Waals surface area contributed by atoms with E-state index in [4.69, 9.17) is 4.74 Å². The molecule has 21 heavy (non-hydrogen) atoms. The normalized spacial score (nSPS) is 26.7. The molecule has 3 nitrogen and oxygen atoms in total. The maximum absolute atomic E-state index is 5.66. The van der Waals surface area contributed by atoms with Gasteiger partial charge in [0.1, 0.15) is 0 Å². The molecule has 0 saturated carbocycles. The molecule has 2 fully saturated rings. The molecule has 1 atom stereocenters. The van der Waals surface area contributed by atoms with Crippen molar-refractivity contribution in [2.45, 2.75) is 50.7 Å². The minimum Gasteiger partial charge on any atom is -0.380 e. The first-order chi connectivity index (χ1) is 10.2. The van der Waals surface area contributed by atoms with Crippen molar-refractivity contribution >= 4 is 11.3 Å². The highest BCUT2D eigenvalue weighted by atomic mass is 32.1. The summed E-state index contributed by atoms with van der Waals surface area (Å²) in [6, 6.07) is 2.89. The van der Waals surface area contributed by atoms with E-state index in [0.717, 1.165) is 19.8 Å². The summed E-state index contributed by atoms with van der Waals surface area (Å²) in [7, 11) is 2.32. The molecule has 3 heterocycles. The molecule has 2 aliphatic rings. The van der Waals surface area contributed by atoms with E-state index in [1.165, 1.54) is 44.3 Å². The molecular weight excluding hydrogens is 280 g/mol. The topological polar surface area (TPSA) is 15.7 Å². The van der Waals surface area contributed by atoms with Gasteiger partial charge in [-0.2, -0.15) is 11.3 Å². The Morgan fingerprint density at radius 2 is 2.14 bits per heavy atom. The van der Waals surface area contributed by atoms with Crippen molar-refractivity contribution in [2.24, 2.45) is 0 Å². The predicted octanol–water partition coefficient (Wildman–Crippen LogP) is 3.21. The number of likely N-dealkylation sites (tertiary alicyclic amines) is 2. The quantitative estimate of drug-likeness (QED) is 0.831. The van der Waals surface area contributed by atoms with Crippen molar-refractivity contribution in [3.8, 4) is 0 Å². The van der Waals surface area contributed by atoms with Crippen LogP contribution in [0.25, 0.3) is 0 Å². The van der Waals surface area contributed by atoms with E-state index in [1.807, 2.05) is 0 Å². The molecule has 118 valence electrons. The molecule has 1 spiro atoms. The average molecular weight is 308 g/mol. The first-order valence-corrected chi connectivity index (χ1v) is 9.22. The van der Waals surface area contributed by atoms with Crippen molar-refractivity contribution in [2.75, 3.05) is 33.4 Å². The summed E-state index contributed by atoms with van der Waals surface area (Å²) in [5, 5.41) is 4.47. The lowest BCUT2D eigenvalue weighted by Gasteiger charge is -2.45. The van der Waals surface area contributed by atoms with Gasteiger partial charge in [0, 0.05) is 37.8 Å². The largest absolute Gasteiger partial charge is 0.380 e. The lowest BCUT2D eigenvalue weighted by atomic mass is 9.85. The lowest BCUT2D eigenvalue weighted by Crippen LogP contribution is -2.52. The van der Waals surface area contributed by atoms with Crippen LogP contribution < -0.4 is 0 Å². The van der Waals surface area contributed by atoms with Crippen molar-refractivity contribution < 1.29 is 4.74 Å². The SMILES string of the molecule is CCOCC1CCC2(CCN(Cc3ccsc3)CC2)N1C. The molecule has 0 aliphatic carbocycles. The number of thiophene rings is 1. The number of piperidine rings is 1. The van der Waals surface area contributed by atoms with Crippen LogP contribution in [0.2, 0.25) is 0 Å². The molecular formula is C17H28N2OS. The van der Waals surface area contributed by atoms with Gasteiger partial charge in [0.25, 0.3) is 0 Å². The van der Waals surface area contributed by atoms with Crippen molar-refractivity contribution in [1.29, 1.82) is 0 Å². The highest BCUT2D eigenvalue weighted by molar-refractivity contribution is 7.07. The second-order valence-corrected chi connectivity index (χ2v) is 7.37. The zero-order chi connectivity index (χ0) is 14.7. The average Bonchev–Trinajstić information content (AvgIpc) is 3.11. The van der Waals surface area contributed by atoms with Crippen molar-refractivity contribution in [3.63, 3.8) is 0 Å². The minimum atomic E-state index is 0.451. The molecule has 2 saturated heterocycles. The van der Waals surface area contributed by atoms with Crippen LogP contribution >= 0.6 is 11.3 Å². The van der Waals surface area contributed by atoms with Gasteiger partial charge >= 0.3 is 0 Å². The first kappa shape index (κ1) is 15.5. The smallest absolute Gasteiger partial charge is 0.0621 e. The van der Waals surface area contributed by atoms with E-state index in [2.05, 4.69) is 40.6 Å². The van der Waals surface area contributed by atoms with Crippen LogP contribution in [0.5, 0.6) is 0 Å². The number of likely N-dealkylation sites (N-methyl/N-ethyl adjacent to an activating group) is 1. The zero-order valence-electron chi connectivity index (χ0n) is 13.4. The number of ether oxygens (including phenoxy) is 1. The standard InChI is InChI=1S/C17H28N2OS/c1-3-20-13-16-4-6-17(18(16)2)7-9-19(10-8-17)12-15-5-11-21-14-15/h5,11,14,16H,3-4,6-10,12-13H2,1-2H3. The highest BCUT2D eigenvalue weighted by Crippen LogP contribution is 2.40. The lowest BCUT2D eigenvalue weighted by molar-refractivity contribution is 0.0206. The fourth-order valence-electron chi connectivity index (χ4n) is 4.01. The van der Waals surface area contributed by atoms with Crippen LogP contribution in [0.4, 0.5) is 0 Å². The van der Waals surface area contributed by atoms with Crippen LogP contribution in [0.15, 0.2) is 16.8 Å². The van der Waals surface area contributed by atoms with Gasteiger partial charge in [0.15, 0.2) is 0 Å². The first-order valence-electron chi connectivity index (χ1n) is 8.27. The van der Waals surface area contributed by atoms with Crippen LogP contribution in [-0.4, -0.2) is 54.7 Å². The van der Waals surface area contributed by atoms with Crippen molar-refractivity contribution in [3.05, 3.63) is 22.4 Å². The predicted molar refractivity (Wildman–Crippen MR) is 88.8 cm³/mol. The molecule has 1 unspecified atom stereocenters. The summed E-state index contributed by atoms with van der Waals surface area (Å²) in [4.78, 5) is 5.27. The fraction of sp³-hybridized carbons (Fsp3) is 0.765. The Bertz CT molecular complexity index is 426. The Morgan fingerprint density at radius 1 is 1.33 bits per heavy atom. The van der Waals surface area contributed by atoms with Crippen LogP contribution in [-0.2, 0) is 11.3 Å². The number of rotatable bonds is 5. The van der Waals surface area contributed by atoms with E-state index in [0.29, 0.717) is 11.6 Å². The van der Waals surface area contributed by atoms with Crippen molar-refractivity contribution in [1.82, 2.24) is 9.80 Å². The monoisotopic (exact) mass is 308 g/mol. The molecule has 0 aromatic carbocycles. The van der Waals surface area contributed by atoms with E-state index in [1.54, 1.807) is 11.3 Å². The Morgan fingerprint density at radius 3 is 2.81 bits per heavy atom.